The summed E-state index contributed by atoms with van der Waals surface area (Å²) >= 11 is 0. The van der Waals surface area contributed by atoms with Gasteiger partial charge in [0, 0.05) is 12.1 Å². The Morgan fingerprint density at radius 3 is 2.69 bits per heavy atom. The Morgan fingerprint density at radius 1 is 1.03 bits per heavy atom. The molecule has 1 amide bonds. The Hall–Kier alpha value is -3.60. The van der Waals surface area contributed by atoms with Crippen molar-refractivity contribution in [3.63, 3.8) is 0 Å². The van der Waals surface area contributed by atoms with Crippen LogP contribution in [0.25, 0.3) is 11.1 Å². The van der Waals surface area contributed by atoms with E-state index in [9.17, 15) is 4.79 Å². The third-order valence-electron chi connectivity index (χ3n) is 4.83. The van der Waals surface area contributed by atoms with E-state index in [2.05, 4.69) is 10.3 Å². The van der Waals surface area contributed by atoms with Crippen LogP contribution in [0, 0.1) is 13.8 Å². The molecule has 4 rings (SSSR count). The zero-order valence-corrected chi connectivity index (χ0v) is 16.4. The van der Waals surface area contributed by atoms with Crippen molar-refractivity contribution in [2.24, 2.45) is 0 Å². The monoisotopic (exact) mass is 386 g/mol. The standard InChI is InChI=1S/C24H22N2O3/c1-16-7-6-10-21(17(16)2)28-15-23(27)25-19-11-12-22-20(14-19)26-24(29-22)13-18-8-4-3-5-9-18/h3-12,14H,13,15H2,1-2H3,(H,25,27). The van der Waals surface area contributed by atoms with Gasteiger partial charge < -0.3 is 14.5 Å². The highest BCUT2D eigenvalue weighted by Gasteiger charge is 2.10. The van der Waals surface area contributed by atoms with Crippen LogP contribution >= 0.6 is 0 Å². The van der Waals surface area contributed by atoms with Crippen molar-refractivity contribution >= 4 is 22.7 Å². The lowest BCUT2D eigenvalue weighted by Crippen LogP contribution is -2.20. The number of hydrogen-bond acceptors (Lipinski definition) is 4. The highest BCUT2D eigenvalue weighted by Crippen LogP contribution is 2.22. The molecular formula is C24H22N2O3. The maximum absolute atomic E-state index is 12.3. The van der Waals surface area contributed by atoms with E-state index in [0.717, 1.165) is 22.4 Å². The van der Waals surface area contributed by atoms with Crippen LogP contribution in [0.15, 0.2) is 71.1 Å². The van der Waals surface area contributed by atoms with Gasteiger partial charge in [-0.15, -0.1) is 0 Å². The Bertz CT molecular complexity index is 1150. The van der Waals surface area contributed by atoms with E-state index in [4.69, 9.17) is 9.15 Å². The van der Waals surface area contributed by atoms with Crippen LogP contribution in [0.4, 0.5) is 5.69 Å². The summed E-state index contributed by atoms with van der Waals surface area (Å²) in [5.41, 5.74) is 5.37. The molecule has 0 saturated heterocycles. The van der Waals surface area contributed by atoms with Crippen molar-refractivity contribution in [3.05, 3.63) is 89.3 Å². The molecule has 1 aromatic heterocycles. The summed E-state index contributed by atoms with van der Waals surface area (Å²) in [6, 6.07) is 21.3. The first-order chi connectivity index (χ1) is 14.1. The molecule has 3 aromatic carbocycles. The molecule has 0 atom stereocenters. The number of aryl methyl sites for hydroxylation is 1. The second-order valence-electron chi connectivity index (χ2n) is 6.99. The van der Waals surface area contributed by atoms with Crippen LogP contribution in [0.2, 0.25) is 0 Å². The van der Waals surface area contributed by atoms with Crippen molar-refractivity contribution in [3.8, 4) is 5.75 Å². The number of fused-ring (bicyclic) bond motifs is 1. The van der Waals surface area contributed by atoms with Crippen molar-refractivity contribution < 1.29 is 13.9 Å². The van der Waals surface area contributed by atoms with Gasteiger partial charge in [-0.05, 0) is 54.8 Å². The van der Waals surface area contributed by atoms with Gasteiger partial charge in [0.1, 0.15) is 11.3 Å². The van der Waals surface area contributed by atoms with Gasteiger partial charge in [-0.25, -0.2) is 4.98 Å². The minimum Gasteiger partial charge on any atom is -0.483 e. The van der Waals surface area contributed by atoms with Crippen LogP contribution in [0.1, 0.15) is 22.6 Å². The lowest BCUT2D eigenvalue weighted by molar-refractivity contribution is -0.118. The molecule has 4 aromatic rings. The lowest BCUT2D eigenvalue weighted by atomic mass is 10.1. The van der Waals surface area contributed by atoms with E-state index in [1.54, 1.807) is 6.07 Å². The number of benzene rings is 3. The molecular weight excluding hydrogens is 364 g/mol. The minimum atomic E-state index is -0.224. The second kappa shape index (κ2) is 8.19. The van der Waals surface area contributed by atoms with E-state index in [-0.39, 0.29) is 12.5 Å². The van der Waals surface area contributed by atoms with E-state index in [1.165, 1.54) is 0 Å². The number of rotatable bonds is 6. The van der Waals surface area contributed by atoms with E-state index < -0.39 is 0 Å². The molecule has 0 aliphatic rings. The number of ether oxygens (including phenoxy) is 1. The van der Waals surface area contributed by atoms with Gasteiger partial charge in [-0.1, -0.05) is 42.5 Å². The third kappa shape index (κ3) is 4.46. The summed E-state index contributed by atoms with van der Waals surface area (Å²) in [4.78, 5) is 16.8. The fraction of sp³-hybridized carbons (Fsp3) is 0.167. The number of nitrogens with zero attached hydrogens (tertiary/aromatic N) is 1. The topological polar surface area (TPSA) is 64.4 Å². The predicted octanol–water partition coefficient (Wildman–Crippen LogP) is 5.05. The number of oxazole rings is 1. The molecule has 5 heteroatoms. The summed E-state index contributed by atoms with van der Waals surface area (Å²) in [7, 11) is 0. The molecule has 0 bridgehead atoms. The molecule has 1 N–H and O–H groups in total. The van der Waals surface area contributed by atoms with Gasteiger partial charge in [0.05, 0.1) is 0 Å². The van der Waals surface area contributed by atoms with Crippen LogP contribution in [0.5, 0.6) is 5.75 Å². The Balaban J connectivity index is 1.41. The number of hydrogen-bond donors (Lipinski definition) is 1. The third-order valence-corrected chi connectivity index (χ3v) is 4.83. The number of aromatic nitrogens is 1. The molecule has 0 aliphatic carbocycles. The number of anilines is 1. The normalized spacial score (nSPS) is 10.8. The first kappa shape index (κ1) is 18.7. The van der Waals surface area contributed by atoms with Crippen molar-refractivity contribution in [2.75, 3.05) is 11.9 Å². The molecule has 0 fully saturated rings. The number of nitrogens with one attached hydrogen (secondary N) is 1. The second-order valence-corrected chi connectivity index (χ2v) is 6.99. The Morgan fingerprint density at radius 2 is 1.86 bits per heavy atom. The fourth-order valence-electron chi connectivity index (χ4n) is 3.12. The van der Waals surface area contributed by atoms with Gasteiger partial charge in [0.25, 0.3) is 5.91 Å². The number of amides is 1. The van der Waals surface area contributed by atoms with Gasteiger partial charge in [0.2, 0.25) is 0 Å². The van der Waals surface area contributed by atoms with Gasteiger partial charge >= 0.3 is 0 Å². The smallest absolute Gasteiger partial charge is 0.262 e. The maximum atomic E-state index is 12.3. The highest BCUT2D eigenvalue weighted by atomic mass is 16.5. The van der Waals surface area contributed by atoms with Crippen LogP contribution in [-0.4, -0.2) is 17.5 Å². The number of carbonyl (C=O) groups is 1. The molecule has 0 unspecified atom stereocenters. The summed E-state index contributed by atoms with van der Waals surface area (Å²) in [6.45, 7) is 3.94. The maximum Gasteiger partial charge on any atom is 0.262 e. The molecule has 146 valence electrons. The SMILES string of the molecule is Cc1cccc(OCC(=O)Nc2ccc3oc(Cc4ccccc4)nc3c2)c1C. The summed E-state index contributed by atoms with van der Waals surface area (Å²) in [5.74, 6) is 1.14. The molecule has 0 spiro atoms. The van der Waals surface area contributed by atoms with Crippen molar-refractivity contribution in [1.29, 1.82) is 0 Å². The Labute approximate surface area is 169 Å². The first-order valence-electron chi connectivity index (χ1n) is 9.51. The van der Waals surface area contributed by atoms with Crippen LogP contribution in [0.3, 0.4) is 0 Å². The zero-order valence-electron chi connectivity index (χ0n) is 16.4. The summed E-state index contributed by atoms with van der Waals surface area (Å²) in [5, 5.41) is 2.85. The molecule has 0 saturated carbocycles. The molecule has 1 heterocycles. The van der Waals surface area contributed by atoms with E-state index in [1.807, 2.05) is 74.5 Å². The predicted molar refractivity (Wildman–Crippen MR) is 113 cm³/mol. The van der Waals surface area contributed by atoms with Crippen molar-refractivity contribution in [2.45, 2.75) is 20.3 Å². The van der Waals surface area contributed by atoms with E-state index in [0.29, 0.717) is 29.1 Å². The average Bonchev–Trinajstić information content (AvgIpc) is 3.11. The number of carbonyl (C=O) groups excluding carboxylic acids is 1. The summed E-state index contributed by atoms with van der Waals surface area (Å²) in [6.07, 6.45) is 0.626. The quantitative estimate of drug-likeness (QED) is 0.503. The average molecular weight is 386 g/mol. The molecule has 0 aliphatic heterocycles. The molecule has 29 heavy (non-hydrogen) atoms. The molecule has 5 nitrogen and oxygen atoms in total. The van der Waals surface area contributed by atoms with Gasteiger partial charge in [-0.3, -0.25) is 4.79 Å². The molecule has 0 radical (unpaired) electrons. The zero-order chi connectivity index (χ0) is 20.2. The highest BCUT2D eigenvalue weighted by molar-refractivity contribution is 5.93. The largest absolute Gasteiger partial charge is 0.483 e. The van der Waals surface area contributed by atoms with E-state index >= 15 is 0 Å². The fourth-order valence-corrected chi connectivity index (χ4v) is 3.12. The lowest BCUT2D eigenvalue weighted by Gasteiger charge is -2.11. The first-order valence-corrected chi connectivity index (χ1v) is 9.51. The summed E-state index contributed by atoms with van der Waals surface area (Å²) < 4.78 is 11.5. The van der Waals surface area contributed by atoms with Crippen molar-refractivity contribution in [1.82, 2.24) is 4.98 Å². The van der Waals surface area contributed by atoms with Gasteiger partial charge in [0.15, 0.2) is 18.1 Å². The van der Waals surface area contributed by atoms with Crippen LogP contribution < -0.4 is 10.1 Å². The van der Waals surface area contributed by atoms with Crippen LogP contribution in [-0.2, 0) is 11.2 Å². The van der Waals surface area contributed by atoms with Gasteiger partial charge in [-0.2, -0.15) is 0 Å². The minimum absolute atomic E-state index is 0.0552. The Kier molecular flexibility index (Phi) is 5.29.